The summed E-state index contributed by atoms with van der Waals surface area (Å²) in [6, 6.07) is 9.96. The van der Waals surface area contributed by atoms with Crippen LogP contribution in [-0.4, -0.2) is 0 Å². The summed E-state index contributed by atoms with van der Waals surface area (Å²) in [6.45, 7) is 9.78. The molecule has 0 aromatic heterocycles. The summed E-state index contributed by atoms with van der Waals surface area (Å²) >= 11 is 0. The zero-order chi connectivity index (χ0) is 10.4. The molecule has 0 atom stereocenters. The smallest absolute Gasteiger partial charge is 0.0540 e. The summed E-state index contributed by atoms with van der Waals surface area (Å²) < 4.78 is 0. The van der Waals surface area contributed by atoms with Gasteiger partial charge in [-0.3, -0.25) is 0 Å². The molecule has 14 heavy (non-hydrogen) atoms. The Hall–Kier alpha value is -1.70. The topological polar surface area (TPSA) is 24.1 Å². The third-order valence-electron chi connectivity index (χ3n) is 1.94. The van der Waals surface area contributed by atoms with Crippen molar-refractivity contribution < 1.29 is 0 Å². The van der Waals surface area contributed by atoms with Crippen LogP contribution in [0.1, 0.15) is 18.9 Å². The van der Waals surface area contributed by atoms with Crippen LogP contribution in [0.3, 0.4) is 0 Å². The summed E-state index contributed by atoms with van der Waals surface area (Å²) in [6.07, 6.45) is 0.898. The molecule has 0 aliphatic carbocycles. The van der Waals surface area contributed by atoms with Gasteiger partial charge >= 0.3 is 0 Å². The lowest BCUT2D eigenvalue weighted by molar-refractivity contribution is 0.720. The Morgan fingerprint density at radius 3 is 2.36 bits per heavy atom. The van der Waals surface area contributed by atoms with Gasteiger partial charge in [0.15, 0.2) is 0 Å². The van der Waals surface area contributed by atoms with E-state index in [4.69, 9.17) is 0 Å². The van der Waals surface area contributed by atoms with E-state index in [1.165, 1.54) is 0 Å². The van der Waals surface area contributed by atoms with Crippen molar-refractivity contribution >= 4 is 5.70 Å². The van der Waals surface area contributed by atoms with Crippen molar-refractivity contribution in [2.45, 2.75) is 13.3 Å². The van der Waals surface area contributed by atoms with Gasteiger partial charge in [-0.1, -0.05) is 50.4 Å². The van der Waals surface area contributed by atoms with Crippen molar-refractivity contribution in [3.63, 3.8) is 0 Å². The molecule has 0 unspecified atom stereocenters. The second-order valence-electron chi connectivity index (χ2n) is 3.05. The van der Waals surface area contributed by atoms with Crippen LogP contribution in [0, 0.1) is 0 Å². The summed E-state index contributed by atoms with van der Waals surface area (Å²) in [5.41, 5.74) is 8.86. The van der Waals surface area contributed by atoms with Crippen molar-refractivity contribution in [3.05, 3.63) is 54.8 Å². The molecule has 0 radical (unpaired) electrons. The van der Waals surface area contributed by atoms with Gasteiger partial charge in [-0.2, -0.15) is 0 Å². The standard InChI is InChI=1S/C12H16N2/c1-4-10(2)13-14-11(3)12-8-6-5-7-9-12/h5-9,13-14H,2-4H2,1H3. The van der Waals surface area contributed by atoms with Gasteiger partial charge < -0.3 is 10.9 Å². The summed E-state index contributed by atoms with van der Waals surface area (Å²) in [5.74, 6) is 0. The number of hydrogen-bond donors (Lipinski definition) is 2. The second kappa shape index (κ2) is 5.12. The highest BCUT2D eigenvalue weighted by Crippen LogP contribution is 2.07. The number of benzene rings is 1. The molecule has 0 saturated heterocycles. The molecule has 0 bridgehead atoms. The van der Waals surface area contributed by atoms with Gasteiger partial charge in [-0.15, -0.1) is 0 Å². The lowest BCUT2D eigenvalue weighted by Crippen LogP contribution is -2.28. The van der Waals surface area contributed by atoms with Gasteiger partial charge in [0.05, 0.1) is 5.70 Å². The molecule has 74 valence electrons. The molecule has 2 nitrogen and oxygen atoms in total. The summed E-state index contributed by atoms with van der Waals surface area (Å²) in [5, 5.41) is 0. The minimum atomic E-state index is 0.847. The maximum absolute atomic E-state index is 3.92. The minimum absolute atomic E-state index is 0.847. The van der Waals surface area contributed by atoms with Crippen LogP contribution >= 0.6 is 0 Å². The van der Waals surface area contributed by atoms with Gasteiger partial charge in [-0.25, -0.2) is 0 Å². The van der Waals surface area contributed by atoms with E-state index < -0.39 is 0 Å². The van der Waals surface area contributed by atoms with Gasteiger partial charge in [-0.05, 0) is 12.0 Å². The normalized spacial score (nSPS) is 9.21. The second-order valence-corrected chi connectivity index (χ2v) is 3.05. The molecule has 0 fully saturated rings. The maximum Gasteiger partial charge on any atom is 0.0540 e. The van der Waals surface area contributed by atoms with Gasteiger partial charge in [0.1, 0.15) is 0 Å². The Balaban J connectivity index is 2.48. The molecule has 0 aliphatic heterocycles. The Morgan fingerprint density at radius 2 is 1.79 bits per heavy atom. The largest absolute Gasteiger partial charge is 0.306 e. The lowest BCUT2D eigenvalue weighted by Gasteiger charge is -2.12. The first-order valence-corrected chi connectivity index (χ1v) is 4.68. The monoisotopic (exact) mass is 188 g/mol. The Bertz CT molecular complexity index is 314. The Labute approximate surface area is 85.3 Å². The van der Waals surface area contributed by atoms with Crippen molar-refractivity contribution in [1.29, 1.82) is 0 Å². The SMILES string of the molecule is C=C(CC)NNC(=C)c1ccccc1. The highest BCUT2D eigenvalue weighted by molar-refractivity contribution is 5.60. The van der Waals surface area contributed by atoms with E-state index in [9.17, 15) is 0 Å². The van der Waals surface area contributed by atoms with Crippen LogP contribution in [-0.2, 0) is 0 Å². The molecule has 0 saturated carbocycles. The summed E-state index contributed by atoms with van der Waals surface area (Å²) in [7, 11) is 0. The molecule has 0 amide bonds. The van der Waals surface area contributed by atoms with E-state index in [-0.39, 0.29) is 0 Å². The fraction of sp³-hybridized carbons (Fsp3) is 0.167. The first kappa shape index (κ1) is 10.4. The van der Waals surface area contributed by atoms with E-state index in [1.807, 2.05) is 37.3 Å². The van der Waals surface area contributed by atoms with E-state index in [0.717, 1.165) is 23.4 Å². The van der Waals surface area contributed by atoms with Crippen molar-refractivity contribution in [1.82, 2.24) is 10.9 Å². The van der Waals surface area contributed by atoms with Crippen LogP contribution in [0.5, 0.6) is 0 Å². The maximum atomic E-state index is 3.92. The van der Waals surface area contributed by atoms with Crippen LogP contribution in [0.15, 0.2) is 49.2 Å². The molecule has 1 aromatic carbocycles. The third-order valence-corrected chi connectivity index (χ3v) is 1.94. The van der Waals surface area contributed by atoms with Crippen LogP contribution < -0.4 is 10.9 Å². The molecule has 1 aromatic rings. The number of hydrazine groups is 1. The molecule has 0 heterocycles. The Kier molecular flexibility index (Phi) is 3.80. The molecule has 2 heteroatoms. The van der Waals surface area contributed by atoms with Gasteiger partial charge in [0.2, 0.25) is 0 Å². The number of allylic oxidation sites excluding steroid dienone is 1. The van der Waals surface area contributed by atoms with Crippen molar-refractivity contribution in [2.75, 3.05) is 0 Å². The fourth-order valence-electron chi connectivity index (χ4n) is 0.964. The van der Waals surface area contributed by atoms with E-state index >= 15 is 0 Å². The zero-order valence-electron chi connectivity index (χ0n) is 8.51. The molecule has 0 aliphatic rings. The lowest BCUT2D eigenvalue weighted by atomic mass is 10.2. The van der Waals surface area contributed by atoms with Gasteiger partial charge in [0, 0.05) is 5.70 Å². The molecular formula is C12H16N2. The first-order chi connectivity index (χ1) is 6.74. The van der Waals surface area contributed by atoms with Crippen LogP contribution in [0.25, 0.3) is 5.70 Å². The van der Waals surface area contributed by atoms with E-state index in [0.29, 0.717) is 0 Å². The van der Waals surface area contributed by atoms with Crippen LogP contribution in [0.2, 0.25) is 0 Å². The van der Waals surface area contributed by atoms with Crippen molar-refractivity contribution in [3.8, 4) is 0 Å². The van der Waals surface area contributed by atoms with E-state index in [1.54, 1.807) is 0 Å². The Morgan fingerprint density at radius 1 is 1.14 bits per heavy atom. The van der Waals surface area contributed by atoms with Gasteiger partial charge in [0.25, 0.3) is 0 Å². The average molecular weight is 188 g/mol. The predicted molar refractivity (Wildman–Crippen MR) is 61.2 cm³/mol. The third kappa shape index (κ3) is 2.98. The quantitative estimate of drug-likeness (QED) is 0.694. The molecule has 0 spiro atoms. The van der Waals surface area contributed by atoms with Crippen molar-refractivity contribution in [2.24, 2.45) is 0 Å². The first-order valence-electron chi connectivity index (χ1n) is 4.68. The predicted octanol–water partition coefficient (Wildman–Crippen LogP) is 2.68. The highest BCUT2D eigenvalue weighted by Gasteiger charge is 1.95. The van der Waals surface area contributed by atoms with E-state index in [2.05, 4.69) is 24.0 Å². The minimum Gasteiger partial charge on any atom is -0.306 e. The molecular weight excluding hydrogens is 172 g/mol. The zero-order valence-corrected chi connectivity index (χ0v) is 8.51. The molecule has 1 rings (SSSR count). The molecule has 2 N–H and O–H groups in total. The average Bonchev–Trinajstić information content (AvgIpc) is 2.26. The number of rotatable bonds is 5. The van der Waals surface area contributed by atoms with Crippen LogP contribution in [0.4, 0.5) is 0 Å². The number of nitrogens with one attached hydrogen (secondary N) is 2. The highest BCUT2D eigenvalue weighted by atomic mass is 15.4. The number of hydrogen-bond acceptors (Lipinski definition) is 2. The fourth-order valence-corrected chi connectivity index (χ4v) is 0.964. The summed E-state index contributed by atoms with van der Waals surface area (Å²) in [4.78, 5) is 0.